The van der Waals surface area contributed by atoms with E-state index in [1.807, 2.05) is 4.68 Å². The molecule has 1 aromatic heterocycles. The highest BCUT2D eigenvalue weighted by Gasteiger charge is 2.19. The van der Waals surface area contributed by atoms with E-state index in [0.717, 1.165) is 29.7 Å². The molecule has 0 N–H and O–H groups in total. The van der Waals surface area contributed by atoms with Crippen LogP contribution in [0.5, 0.6) is 5.75 Å². The van der Waals surface area contributed by atoms with Crippen LogP contribution < -0.4 is 4.74 Å². The molecular formula is C11H17BrN2O2. The van der Waals surface area contributed by atoms with Crippen molar-refractivity contribution in [3.05, 3.63) is 10.8 Å². The standard InChI is InChI=1S/C11H17BrN2O2/c1-15-7-6-14-11(12)10(8-13-14)16-9-4-2-3-5-9/h8-9H,2-7H2,1H3. The van der Waals surface area contributed by atoms with Crippen molar-refractivity contribution in [3.8, 4) is 5.75 Å². The summed E-state index contributed by atoms with van der Waals surface area (Å²) in [5.41, 5.74) is 0. The van der Waals surface area contributed by atoms with Crippen molar-refractivity contribution in [1.29, 1.82) is 0 Å². The summed E-state index contributed by atoms with van der Waals surface area (Å²) in [6.07, 6.45) is 7.03. The van der Waals surface area contributed by atoms with Crippen molar-refractivity contribution >= 4 is 15.9 Å². The second kappa shape index (κ2) is 5.68. The number of rotatable bonds is 5. The van der Waals surface area contributed by atoms with Crippen molar-refractivity contribution in [3.63, 3.8) is 0 Å². The van der Waals surface area contributed by atoms with Gasteiger partial charge in [0.25, 0.3) is 0 Å². The highest BCUT2D eigenvalue weighted by molar-refractivity contribution is 9.10. The van der Waals surface area contributed by atoms with E-state index in [1.165, 1.54) is 12.8 Å². The van der Waals surface area contributed by atoms with Gasteiger partial charge < -0.3 is 9.47 Å². The molecule has 1 aromatic rings. The molecule has 1 heterocycles. The Morgan fingerprint density at radius 1 is 1.50 bits per heavy atom. The summed E-state index contributed by atoms with van der Waals surface area (Å²) in [6.45, 7) is 1.40. The van der Waals surface area contributed by atoms with Gasteiger partial charge in [-0.3, -0.25) is 4.68 Å². The summed E-state index contributed by atoms with van der Waals surface area (Å²) in [6, 6.07) is 0. The minimum absolute atomic E-state index is 0.372. The van der Waals surface area contributed by atoms with E-state index in [4.69, 9.17) is 9.47 Å². The van der Waals surface area contributed by atoms with Crippen LogP contribution in [0, 0.1) is 0 Å². The van der Waals surface area contributed by atoms with Crippen molar-refractivity contribution < 1.29 is 9.47 Å². The van der Waals surface area contributed by atoms with E-state index in [1.54, 1.807) is 13.3 Å². The monoisotopic (exact) mass is 288 g/mol. The van der Waals surface area contributed by atoms with Crippen LogP contribution in [-0.2, 0) is 11.3 Å². The first-order valence-electron chi connectivity index (χ1n) is 5.68. The Morgan fingerprint density at radius 2 is 2.25 bits per heavy atom. The van der Waals surface area contributed by atoms with Gasteiger partial charge in [-0.25, -0.2) is 0 Å². The summed E-state index contributed by atoms with van der Waals surface area (Å²) >= 11 is 3.51. The summed E-state index contributed by atoms with van der Waals surface area (Å²) in [5, 5.41) is 4.26. The van der Waals surface area contributed by atoms with E-state index in [0.29, 0.717) is 12.7 Å². The average molecular weight is 289 g/mol. The molecule has 0 amide bonds. The van der Waals surface area contributed by atoms with Gasteiger partial charge >= 0.3 is 0 Å². The topological polar surface area (TPSA) is 36.3 Å². The van der Waals surface area contributed by atoms with Gasteiger partial charge in [0, 0.05) is 7.11 Å². The maximum Gasteiger partial charge on any atom is 0.172 e. The summed E-state index contributed by atoms with van der Waals surface area (Å²) in [7, 11) is 1.69. The van der Waals surface area contributed by atoms with Crippen LogP contribution in [0.25, 0.3) is 0 Å². The molecule has 0 aliphatic heterocycles. The number of ether oxygens (including phenoxy) is 2. The number of methoxy groups -OCH3 is 1. The number of aromatic nitrogens is 2. The van der Waals surface area contributed by atoms with E-state index in [2.05, 4.69) is 21.0 Å². The largest absolute Gasteiger partial charge is 0.486 e. The maximum absolute atomic E-state index is 5.90. The third kappa shape index (κ3) is 2.77. The van der Waals surface area contributed by atoms with Crippen LogP contribution in [0.3, 0.4) is 0 Å². The lowest BCUT2D eigenvalue weighted by atomic mass is 10.3. The third-order valence-electron chi connectivity index (χ3n) is 2.85. The van der Waals surface area contributed by atoms with E-state index in [9.17, 15) is 0 Å². The Bertz CT molecular complexity index is 335. The lowest BCUT2D eigenvalue weighted by Gasteiger charge is -2.11. The fraction of sp³-hybridized carbons (Fsp3) is 0.727. The number of nitrogens with zero attached hydrogens (tertiary/aromatic N) is 2. The normalized spacial score (nSPS) is 16.9. The van der Waals surface area contributed by atoms with Crippen LogP contribution in [0.2, 0.25) is 0 Å². The molecule has 1 aliphatic carbocycles. The molecule has 0 atom stereocenters. The van der Waals surface area contributed by atoms with Gasteiger partial charge in [0.15, 0.2) is 5.75 Å². The zero-order chi connectivity index (χ0) is 11.4. The Morgan fingerprint density at radius 3 is 2.94 bits per heavy atom. The molecule has 90 valence electrons. The number of halogens is 1. The first-order valence-corrected chi connectivity index (χ1v) is 6.47. The zero-order valence-corrected chi connectivity index (χ0v) is 11.1. The van der Waals surface area contributed by atoms with Crippen molar-refractivity contribution in [1.82, 2.24) is 9.78 Å². The lowest BCUT2D eigenvalue weighted by molar-refractivity contribution is 0.181. The Hall–Kier alpha value is -0.550. The smallest absolute Gasteiger partial charge is 0.172 e. The zero-order valence-electron chi connectivity index (χ0n) is 9.49. The highest BCUT2D eigenvalue weighted by atomic mass is 79.9. The molecule has 16 heavy (non-hydrogen) atoms. The summed E-state index contributed by atoms with van der Waals surface area (Å²) in [4.78, 5) is 0. The predicted octanol–water partition coefficient (Wildman–Crippen LogP) is 2.61. The molecular weight excluding hydrogens is 272 g/mol. The molecule has 0 bridgehead atoms. The van der Waals surface area contributed by atoms with E-state index < -0.39 is 0 Å². The Balaban J connectivity index is 1.95. The van der Waals surface area contributed by atoms with Crippen molar-refractivity contribution in [2.45, 2.75) is 38.3 Å². The van der Waals surface area contributed by atoms with Gasteiger partial charge in [0.1, 0.15) is 4.60 Å². The molecule has 4 nitrogen and oxygen atoms in total. The van der Waals surface area contributed by atoms with E-state index >= 15 is 0 Å². The highest BCUT2D eigenvalue weighted by Crippen LogP contribution is 2.29. The second-order valence-electron chi connectivity index (χ2n) is 4.04. The first-order chi connectivity index (χ1) is 7.81. The maximum atomic E-state index is 5.90. The molecule has 0 radical (unpaired) electrons. The molecule has 5 heteroatoms. The Kier molecular flexibility index (Phi) is 4.23. The molecule has 1 aliphatic rings. The minimum Gasteiger partial charge on any atom is -0.486 e. The van der Waals surface area contributed by atoms with Gasteiger partial charge in [-0.2, -0.15) is 5.10 Å². The van der Waals surface area contributed by atoms with Gasteiger partial charge in [-0.05, 0) is 41.6 Å². The third-order valence-corrected chi connectivity index (χ3v) is 3.65. The van der Waals surface area contributed by atoms with Crippen LogP contribution in [0.15, 0.2) is 10.8 Å². The molecule has 1 saturated carbocycles. The SMILES string of the molecule is COCCn1ncc(OC2CCCC2)c1Br. The van der Waals surface area contributed by atoms with Crippen LogP contribution in [0.4, 0.5) is 0 Å². The second-order valence-corrected chi connectivity index (χ2v) is 4.79. The molecule has 1 fully saturated rings. The van der Waals surface area contributed by atoms with Gasteiger partial charge in [0.05, 0.1) is 25.5 Å². The minimum atomic E-state index is 0.372. The Labute approximate surface area is 104 Å². The fourth-order valence-corrected chi connectivity index (χ4v) is 2.42. The van der Waals surface area contributed by atoms with Gasteiger partial charge in [-0.15, -0.1) is 0 Å². The summed E-state index contributed by atoms with van der Waals surface area (Å²) in [5.74, 6) is 0.850. The number of hydrogen-bond acceptors (Lipinski definition) is 3. The average Bonchev–Trinajstić information content (AvgIpc) is 2.89. The molecule has 2 rings (SSSR count). The quantitative estimate of drug-likeness (QED) is 0.836. The predicted molar refractivity (Wildman–Crippen MR) is 64.7 cm³/mol. The molecule has 0 aromatic carbocycles. The van der Waals surface area contributed by atoms with Gasteiger partial charge in [-0.1, -0.05) is 0 Å². The van der Waals surface area contributed by atoms with Gasteiger partial charge in [0.2, 0.25) is 0 Å². The summed E-state index contributed by atoms with van der Waals surface area (Å²) < 4.78 is 13.7. The number of hydrogen-bond donors (Lipinski definition) is 0. The van der Waals surface area contributed by atoms with Crippen LogP contribution in [0.1, 0.15) is 25.7 Å². The molecule has 0 spiro atoms. The fourth-order valence-electron chi connectivity index (χ4n) is 1.95. The van der Waals surface area contributed by atoms with Crippen LogP contribution in [-0.4, -0.2) is 29.6 Å². The molecule has 0 unspecified atom stereocenters. The lowest BCUT2D eigenvalue weighted by Crippen LogP contribution is -2.11. The van der Waals surface area contributed by atoms with E-state index in [-0.39, 0.29) is 0 Å². The molecule has 0 saturated heterocycles. The van der Waals surface area contributed by atoms with Crippen molar-refractivity contribution in [2.24, 2.45) is 0 Å². The van der Waals surface area contributed by atoms with Crippen LogP contribution >= 0.6 is 15.9 Å². The van der Waals surface area contributed by atoms with Crippen molar-refractivity contribution in [2.75, 3.05) is 13.7 Å². The first kappa shape index (κ1) is 11.9.